The van der Waals surface area contributed by atoms with E-state index in [0.29, 0.717) is 38.2 Å². The lowest BCUT2D eigenvalue weighted by Gasteiger charge is -2.38. The SMILES string of the molecule is N#Cc1ccccc1N1CCN(C2CCN(CC(F)(F)F)C2=O)CC1. The average molecular weight is 352 g/mol. The lowest BCUT2D eigenvalue weighted by atomic mass is 10.1. The van der Waals surface area contributed by atoms with Crippen LogP contribution in [0.1, 0.15) is 12.0 Å². The van der Waals surface area contributed by atoms with Gasteiger partial charge >= 0.3 is 6.18 Å². The van der Waals surface area contributed by atoms with Crippen molar-refractivity contribution in [3.05, 3.63) is 29.8 Å². The van der Waals surface area contributed by atoms with E-state index in [4.69, 9.17) is 0 Å². The van der Waals surface area contributed by atoms with Gasteiger partial charge in [-0.25, -0.2) is 0 Å². The summed E-state index contributed by atoms with van der Waals surface area (Å²) in [6, 6.07) is 9.04. The molecule has 1 aromatic rings. The zero-order valence-corrected chi connectivity index (χ0v) is 13.7. The molecule has 1 aromatic carbocycles. The quantitative estimate of drug-likeness (QED) is 0.833. The molecule has 1 atom stereocenters. The molecule has 0 N–H and O–H groups in total. The van der Waals surface area contributed by atoms with Gasteiger partial charge in [-0.2, -0.15) is 18.4 Å². The van der Waals surface area contributed by atoms with E-state index < -0.39 is 24.7 Å². The minimum atomic E-state index is -4.36. The van der Waals surface area contributed by atoms with Crippen molar-refractivity contribution in [3.63, 3.8) is 0 Å². The summed E-state index contributed by atoms with van der Waals surface area (Å²) in [7, 11) is 0. The Morgan fingerprint density at radius 3 is 2.44 bits per heavy atom. The fraction of sp³-hybridized carbons (Fsp3) is 0.529. The number of carbonyl (C=O) groups excluding carboxylic acids is 1. The third-order valence-corrected chi connectivity index (χ3v) is 4.76. The molecule has 25 heavy (non-hydrogen) atoms. The maximum absolute atomic E-state index is 12.5. The number of alkyl halides is 3. The molecule has 3 rings (SSSR count). The highest BCUT2D eigenvalue weighted by molar-refractivity contribution is 5.84. The zero-order chi connectivity index (χ0) is 18.0. The first-order chi connectivity index (χ1) is 11.9. The van der Waals surface area contributed by atoms with Crippen molar-refractivity contribution >= 4 is 11.6 Å². The zero-order valence-electron chi connectivity index (χ0n) is 13.7. The number of hydrogen-bond donors (Lipinski definition) is 0. The Hall–Kier alpha value is -2.27. The normalized spacial score (nSPS) is 22.3. The Bertz CT molecular complexity index is 677. The predicted octanol–water partition coefficient (Wildman–Crippen LogP) is 1.84. The van der Waals surface area contributed by atoms with Crippen LogP contribution < -0.4 is 4.90 Å². The van der Waals surface area contributed by atoms with Gasteiger partial charge in [-0.15, -0.1) is 0 Å². The van der Waals surface area contributed by atoms with Crippen molar-refractivity contribution in [2.24, 2.45) is 0 Å². The van der Waals surface area contributed by atoms with Crippen molar-refractivity contribution in [3.8, 4) is 6.07 Å². The molecule has 134 valence electrons. The summed E-state index contributed by atoms with van der Waals surface area (Å²) in [6.07, 6.45) is -3.92. The van der Waals surface area contributed by atoms with E-state index in [1.807, 2.05) is 23.1 Å². The Morgan fingerprint density at radius 2 is 1.80 bits per heavy atom. The Kier molecular flexibility index (Phi) is 4.86. The summed E-state index contributed by atoms with van der Waals surface area (Å²) in [5, 5.41) is 9.20. The van der Waals surface area contributed by atoms with E-state index in [-0.39, 0.29) is 6.54 Å². The smallest absolute Gasteiger partial charge is 0.368 e. The molecular weight excluding hydrogens is 333 g/mol. The molecule has 0 spiro atoms. The standard InChI is InChI=1S/C17H19F3N4O/c18-17(19,20)12-24-6-5-15(16(24)25)23-9-7-22(8-10-23)14-4-2-1-3-13(14)11-21/h1-4,15H,5-10,12H2. The third-order valence-electron chi connectivity index (χ3n) is 4.76. The number of hydrogen-bond acceptors (Lipinski definition) is 4. The van der Waals surface area contributed by atoms with Crippen LogP contribution in [0.25, 0.3) is 0 Å². The molecule has 0 saturated carbocycles. The summed E-state index contributed by atoms with van der Waals surface area (Å²) in [6.45, 7) is 1.45. The number of amides is 1. The number of likely N-dealkylation sites (tertiary alicyclic amines) is 1. The molecule has 2 fully saturated rings. The van der Waals surface area contributed by atoms with Crippen LogP contribution in [0.5, 0.6) is 0 Å². The van der Waals surface area contributed by atoms with Crippen LogP contribution in [-0.4, -0.2) is 67.2 Å². The molecule has 0 radical (unpaired) electrons. The number of para-hydroxylation sites is 1. The van der Waals surface area contributed by atoms with Gasteiger partial charge in [0.15, 0.2) is 0 Å². The molecule has 0 bridgehead atoms. The lowest BCUT2D eigenvalue weighted by Crippen LogP contribution is -2.53. The second kappa shape index (κ2) is 6.92. The topological polar surface area (TPSA) is 50.6 Å². The van der Waals surface area contributed by atoms with Gasteiger partial charge in [0, 0.05) is 32.7 Å². The van der Waals surface area contributed by atoms with Crippen LogP contribution in [-0.2, 0) is 4.79 Å². The van der Waals surface area contributed by atoms with Gasteiger partial charge in [-0.05, 0) is 18.6 Å². The maximum Gasteiger partial charge on any atom is 0.406 e. The fourth-order valence-electron chi connectivity index (χ4n) is 3.55. The molecular formula is C17H19F3N4O. The molecule has 0 aromatic heterocycles. The van der Waals surface area contributed by atoms with E-state index in [1.54, 1.807) is 6.07 Å². The summed E-state index contributed by atoms with van der Waals surface area (Å²) < 4.78 is 37.6. The number of nitriles is 1. The Balaban J connectivity index is 1.60. The molecule has 2 saturated heterocycles. The largest absolute Gasteiger partial charge is 0.406 e. The first-order valence-corrected chi connectivity index (χ1v) is 8.23. The molecule has 0 aliphatic carbocycles. The van der Waals surface area contributed by atoms with E-state index in [0.717, 1.165) is 10.6 Å². The lowest BCUT2D eigenvalue weighted by molar-refractivity contribution is -0.159. The van der Waals surface area contributed by atoms with Crippen molar-refractivity contribution in [1.29, 1.82) is 5.26 Å². The number of anilines is 1. The molecule has 2 heterocycles. The first kappa shape index (κ1) is 17.5. The molecule has 1 unspecified atom stereocenters. The minimum Gasteiger partial charge on any atom is -0.368 e. The van der Waals surface area contributed by atoms with Gasteiger partial charge in [0.25, 0.3) is 0 Å². The number of piperazine rings is 1. The number of carbonyl (C=O) groups is 1. The van der Waals surface area contributed by atoms with Crippen LogP contribution in [0.3, 0.4) is 0 Å². The van der Waals surface area contributed by atoms with Gasteiger partial charge in [0.1, 0.15) is 12.6 Å². The first-order valence-electron chi connectivity index (χ1n) is 8.23. The van der Waals surface area contributed by atoms with Crippen molar-refractivity contribution in [2.75, 3.05) is 44.2 Å². The second-order valence-electron chi connectivity index (χ2n) is 6.33. The highest BCUT2D eigenvalue weighted by atomic mass is 19.4. The van der Waals surface area contributed by atoms with Crippen molar-refractivity contribution in [2.45, 2.75) is 18.6 Å². The van der Waals surface area contributed by atoms with Gasteiger partial charge in [-0.1, -0.05) is 12.1 Å². The van der Waals surface area contributed by atoms with E-state index in [9.17, 15) is 23.2 Å². The Morgan fingerprint density at radius 1 is 1.12 bits per heavy atom. The van der Waals surface area contributed by atoms with E-state index in [1.165, 1.54) is 0 Å². The van der Waals surface area contributed by atoms with Crippen LogP contribution in [0.4, 0.5) is 18.9 Å². The van der Waals surface area contributed by atoms with Gasteiger partial charge in [0.2, 0.25) is 5.91 Å². The van der Waals surface area contributed by atoms with E-state index in [2.05, 4.69) is 11.0 Å². The van der Waals surface area contributed by atoms with Crippen LogP contribution in [0, 0.1) is 11.3 Å². The van der Waals surface area contributed by atoms with Crippen molar-refractivity contribution in [1.82, 2.24) is 9.80 Å². The molecule has 2 aliphatic rings. The number of halogens is 3. The van der Waals surface area contributed by atoms with Gasteiger partial charge < -0.3 is 9.80 Å². The number of benzene rings is 1. The summed E-state index contributed by atoms with van der Waals surface area (Å²) in [5.41, 5.74) is 1.46. The van der Waals surface area contributed by atoms with Crippen LogP contribution in [0.2, 0.25) is 0 Å². The molecule has 5 nitrogen and oxygen atoms in total. The second-order valence-corrected chi connectivity index (χ2v) is 6.33. The molecule has 1 amide bonds. The predicted molar refractivity (Wildman–Crippen MR) is 86.0 cm³/mol. The fourth-order valence-corrected chi connectivity index (χ4v) is 3.55. The van der Waals surface area contributed by atoms with Crippen LogP contribution in [0.15, 0.2) is 24.3 Å². The highest BCUT2D eigenvalue weighted by Gasteiger charge is 2.42. The Labute approximate surface area is 144 Å². The number of nitrogens with zero attached hydrogens (tertiary/aromatic N) is 4. The minimum absolute atomic E-state index is 0.153. The summed E-state index contributed by atoms with van der Waals surface area (Å²) >= 11 is 0. The molecule has 8 heteroatoms. The van der Waals surface area contributed by atoms with Gasteiger partial charge in [-0.3, -0.25) is 9.69 Å². The highest BCUT2D eigenvalue weighted by Crippen LogP contribution is 2.26. The summed E-state index contributed by atoms with van der Waals surface area (Å²) in [4.78, 5) is 17.2. The monoisotopic (exact) mass is 352 g/mol. The van der Waals surface area contributed by atoms with Gasteiger partial charge in [0.05, 0.1) is 17.3 Å². The maximum atomic E-state index is 12.5. The average Bonchev–Trinajstić information content (AvgIpc) is 2.94. The summed E-state index contributed by atoms with van der Waals surface area (Å²) in [5.74, 6) is -0.428. The number of rotatable bonds is 3. The van der Waals surface area contributed by atoms with E-state index >= 15 is 0 Å². The van der Waals surface area contributed by atoms with Crippen LogP contribution >= 0.6 is 0 Å². The molecule has 2 aliphatic heterocycles. The van der Waals surface area contributed by atoms with Crippen molar-refractivity contribution < 1.29 is 18.0 Å². The third kappa shape index (κ3) is 3.87.